The highest BCUT2D eigenvalue weighted by Crippen LogP contribution is 2.34. The van der Waals surface area contributed by atoms with Crippen LogP contribution in [-0.2, 0) is 33.7 Å². The zero-order valence-corrected chi connectivity index (χ0v) is 22.8. The number of hydrogen-bond donors (Lipinski definition) is 2. The predicted molar refractivity (Wildman–Crippen MR) is 156 cm³/mol. The fraction of sp³-hybridized carbons (Fsp3) is 0.212. The smallest absolute Gasteiger partial charge is 0.411 e. The van der Waals surface area contributed by atoms with Gasteiger partial charge in [0.15, 0.2) is 12.1 Å². The van der Waals surface area contributed by atoms with E-state index in [2.05, 4.69) is 15.6 Å². The van der Waals surface area contributed by atoms with Crippen LogP contribution in [0.25, 0.3) is 0 Å². The molecule has 2 atom stereocenters. The summed E-state index contributed by atoms with van der Waals surface area (Å²) < 4.78 is 5.79. The minimum atomic E-state index is -0.870. The van der Waals surface area contributed by atoms with Gasteiger partial charge in [-0.15, -0.1) is 0 Å². The third-order valence-electron chi connectivity index (χ3n) is 6.93. The Labute approximate surface area is 239 Å². The van der Waals surface area contributed by atoms with Gasteiger partial charge in [-0.2, -0.15) is 0 Å². The Balaban J connectivity index is 1.31. The molecule has 0 spiro atoms. The van der Waals surface area contributed by atoms with Crippen molar-refractivity contribution in [3.63, 3.8) is 0 Å². The summed E-state index contributed by atoms with van der Waals surface area (Å²) in [6.45, 7) is 2.59. The van der Waals surface area contributed by atoms with Crippen LogP contribution in [-0.4, -0.2) is 40.4 Å². The summed E-state index contributed by atoms with van der Waals surface area (Å²) in [5.41, 5.74) is 5.04. The molecule has 0 radical (unpaired) electrons. The van der Waals surface area contributed by atoms with Crippen LogP contribution in [0.5, 0.6) is 0 Å². The Kier molecular flexibility index (Phi) is 8.69. The number of carbonyl (C=O) groups excluding carboxylic acids is 3. The molecule has 0 aliphatic carbocycles. The first-order valence-electron chi connectivity index (χ1n) is 13.6. The van der Waals surface area contributed by atoms with E-state index in [1.54, 1.807) is 30.5 Å². The minimum Gasteiger partial charge on any atom is -0.438 e. The van der Waals surface area contributed by atoms with E-state index in [0.717, 1.165) is 22.4 Å². The number of nitrogens with one attached hydrogen (secondary N) is 2. The molecule has 1 fully saturated rings. The summed E-state index contributed by atoms with van der Waals surface area (Å²) in [5.74, 6) is -0.435. The SMILES string of the molecule is Cc1cccc(CN2C(=O)OC(c3ccc(NC(=O)Cc4ccccc4)cc3)C2C(=O)NCCc2ccccn2)c1. The number of carbonyl (C=O) groups is 3. The highest BCUT2D eigenvalue weighted by atomic mass is 16.6. The molecule has 1 aromatic heterocycles. The lowest BCUT2D eigenvalue weighted by molar-refractivity contribution is -0.126. The van der Waals surface area contributed by atoms with Crippen LogP contribution in [0.15, 0.2) is 103 Å². The Morgan fingerprint density at radius 3 is 2.39 bits per heavy atom. The average molecular weight is 549 g/mol. The highest BCUT2D eigenvalue weighted by Gasteiger charge is 2.46. The number of aromatic nitrogens is 1. The van der Waals surface area contributed by atoms with E-state index in [1.807, 2.05) is 79.7 Å². The number of anilines is 1. The summed E-state index contributed by atoms with van der Waals surface area (Å²) in [4.78, 5) is 44.9. The van der Waals surface area contributed by atoms with Crippen molar-refractivity contribution in [2.45, 2.75) is 38.5 Å². The van der Waals surface area contributed by atoms with Crippen LogP contribution in [0.3, 0.4) is 0 Å². The summed E-state index contributed by atoms with van der Waals surface area (Å²) in [5, 5.41) is 5.87. The maximum Gasteiger partial charge on any atom is 0.411 e. The number of pyridine rings is 1. The molecule has 8 heteroatoms. The molecular formula is C33H32N4O4. The lowest BCUT2D eigenvalue weighted by Crippen LogP contribution is -2.46. The van der Waals surface area contributed by atoms with Crippen molar-refractivity contribution in [3.8, 4) is 0 Å². The monoisotopic (exact) mass is 548 g/mol. The third kappa shape index (κ3) is 7.16. The van der Waals surface area contributed by atoms with Crippen molar-refractivity contribution in [3.05, 3.63) is 131 Å². The number of aryl methyl sites for hydroxylation is 1. The largest absolute Gasteiger partial charge is 0.438 e. The summed E-state index contributed by atoms with van der Waals surface area (Å²) in [6, 6.07) is 29.2. The summed E-state index contributed by atoms with van der Waals surface area (Å²) >= 11 is 0. The van der Waals surface area contributed by atoms with Crippen LogP contribution in [0.4, 0.5) is 10.5 Å². The average Bonchev–Trinajstić information content (AvgIpc) is 3.30. The van der Waals surface area contributed by atoms with Crippen LogP contribution in [0.1, 0.15) is 34.1 Å². The first kappa shape index (κ1) is 27.6. The van der Waals surface area contributed by atoms with Crippen LogP contribution < -0.4 is 10.6 Å². The Morgan fingerprint density at radius 2 is 1.66 bits per heavy atom. The fourth-order valence-electron chi connectivity index (χ4n) is 4.92. The van der Waals surface area contributed by atoms with Crippen molar-refractivity contribution in [2.24, 2.45) is 0 Å². The van der Waals surface area contributed by atoms with Gasteiger partial charge in [0.25, 0.3) is 0 Å². The van der Waals surface area contributed by atoms with E-state index in [9.17, 15) is 14.4 Å². The zero-order valence-electron chi connectivity index (χ0n) is 22.8. The molecule has 1 aliphatic heterocycles. The molecule has 1 aliphatic rings. The van der Waals surface area contributed by atoms with Gasteiger partial charge in [-0.05, 0) is 47.9 Å². The van der Waals surface area contributed by atoms with Crippen molar-refractivity contribution in [1.82, 2.24) is 15.2 Å². The van der Waals surface area contributed by atoms with E-state index >= 15 is 0 Å². The van der Waals surface area contributed by atoms with Gasteiger partial charge in [0.05, 0.1) is 13.0 Å². The number of amides is 3. The molecule has 0 saturated carbocycles. The molecular weight excluding hydrogens is 516 g/mol. The first-order chi connectivity index (χ1) is 20.0. The minimum absolute atomic E-state index is 0.134. The lowest BCUT2D eigenvalue weighted by atomic mass is 10.00. The molecule has 5 rings (SSSR count). The molecule has 2 unspecified atom stereocenters. The van der Waals surface area contributed by atoms with E-state index in [4.69, 9.17) is 4.74 Å². The molecule has 208 valence electrons. The van der Waals surface area contributed by atoms with Crippen LogP contribution in [0, 0.1) is 6.92 Å². The third-order valence-corrected chi connectivity index (χ3v) is 6.93. The van der Waals surface area contributed by atoms with Gasteiger partial charge in [0.1, 0.15) is 0 Å². The maximum atomic E-state index is 13.6. The quantitative estimate of drug-likeness (QED) is 0.291. The maximum absolute atomic E-state index is 13.6. The Hall–Kier alpha value is -4.98. The van der Waals surface area contributed by atoms with E-state index in [0.29, 0.717) is 24.2 Å². The van der Waals surface area contributed by atoms with Crippen molar-refractivity contribution in [1.29, 1.82) is 0 Å². The molecule has 4 aromatic rings. The molecule has 2 N–H and O–H groups in total. The lowest BCUT2D eigenvalue weighted by Gasteiger charge is -2.24. The van der Waals surface area contributed by atoms with Gasteiger partial charge in [-0.1, -0.05) is 78.4 Å². The molecule has 2 heterocycles. The van der Waals surface area contributed by atoms with Gasteiger partial charge in [-0.25, -0.2) is 4.79 Å². The van der Waals surface area contributed by atoms with Gasteiger partial charge < -0.3 is 15.4 Å². The van der Waals surface area contributed by atoms with Crippen LogP contribution in [0.2, 0.25) is 0 Å². The van der Waals surface area contributed by atoms with Crippen molar-refractivity contribution in [2.75, 3.05) is 11.9 Å². The predicted octanol–water partition coefficient (Wildman–Crippen LogP) is 4.99. The fourth-order valence-corrected chi connectivity index (χ4v) is 4.92. The summed E-state index contributed by atoms with van der Waals surface area (Å²) in [7, 11) is 0. The van der Waals surface area contributed by atoms with Gasteiger partial charge in [0.2, 0.25) is 11.8 Å². The molecule has 3 aromatic carbocycles. The topological polar surface area (TPSA) is 101 Å². The number of benzene rings is 3. The Bertz CT molecular complexity index is 1490. The van der Waals surface area contributed by atoms with Crippen molar-refractivity contribution >= 4 is 23.6 Å². The second kappa shape index (κ2) is 12.9. The van der Waals surface area contributed by atoms with Gasteiger partial charge in [-0.3, -0.25) is 19.5 Å². The van der Waals surface area contributed by atoms with Crippen LogP contribution >= 0.6 is 0 Å². The second-order valence-corrected chi connectivity index (χ2v) is 10.1. The normalized spacial score (nSPS) is 16.2. The molecule has 41 heavy (non-hydrogen) atoms. The molecule has 0 bridgehead atoms. The highest BCUT2D eigenvalue weighted by molar-refractivity contribution is 5.92. The van der Waals surface area contributed by atoms with E-state index in [-0.39, 0.29) is 24.8 Å². The van der Waals surface area contributed by atoms with Gasteiger partial charge in [0, 0.05) is 30.5 Å². The Morgan fingerprint density at radius 1 is 0.902 bits per heavy atom. The molecule has 1 saturated heterocycles. The number of nitrogens with zero attached hydrogens (tertiary/aromatic N) is 2. The molecule has 3 amide bonds. The second-order valence-electron chi connectivity index (χ2n) is 10.1. The first-order valence-corrected chi connectivity index (χ1v) is 13.6. The van der Waals surface area contributed by atoms with E-state index < -0.39 is 18.2 Å². The number of hydrogen-bond acceptors (Lipinski definition) is 5. The van der Waals surface area contributed by atoms with Crippen molar-refractivity contribution < 1.29 is 19.1 Å². The molecule has 8 nitrogen and oxygen atoms in total. The van der Waals surface area contributed by atoms with E-state index in [1.165, 1.54) is 4.90 Å². The number of ether oxygens (including phenoxy) is 1. The van der Waals surface area contributed by atoms with Gasteiger partial charge >= 0.3 is 6.09 Å². The number of cyclic esters (lactones) is 1. The zero-order chi connectivity index (χ0) is 28.6. The standard InChI is InChI=1S/C33H32N4O4/c1-23-8-7-11-25(20-23)22-37-30(32(39)35-19-17-27-12-5-6-18-34-27)31(41-33(37)40)26-13-15-28(16-14-26)36-29(38)21-24-9-3-2-4-10-24/h2-16,18,20,30-31H,17,19,21-22H2,1H3,(H,35,39)(H,36,38). The number of rotatable bonds is 10. The summed E-state index contributed by atoms with van der Waals surface area (Å²) in [6.07, 6.45) is 1.18.